The molecule has 2 fully saturated rings. The third-order valence-electron chi connectivity index (χ3n) is 4.15. The standard InChI is InChI=1S/C13H20ClF2NO/c1-17(8-9-6-11(14)7-9)12(18)10-2-4-13(15,16)5-3-10/h9-11H,2-8H2,1H3. The Hall–Kier alpha value is -0.380. The van der Waals surface area contributed by atoms with Crippen molar-refractivity contribution in [2.24, 2.45) is 11.8 Å². The summed E-state index contributed by atoms with van der Waals surface area (Å²) in [5.74, 6) is -2.24. The van der Waals surface area contributed by atoms with Crippen molar-refractivity contribution in [3.8, 4) is 0 Å². The average Bonchev–Trinajstić information content (AvgIpc) is 2.26. The number of hydrogen-bond acceptors (Lipinski definition) is 1. The maximum absolute atomic E-state index is 13.0. The SMILES string of the molecule is CN(CC1CC(Cl)C1)C(=O)C1CCC(F)(F)CC1. The average molecular weight is 280 g/mol. The molecule has 0 radical (unpaired) electrons. The van der Waals surface area contributed by atoms with E-state index in [0.29, 0.717) is 18.8 Å². The molecule has 2 aliphatic carbocycles. The van der Waals surface area contributed by atoms with Gasteiger partial charge >= 0.3 is 0 Å². The van der Waals surface area contributed by atoms with Crippen molar-refractivity contribution in [3.05, 3.63) is 0 Å². The fourth-order valence-corrected chi connectivity index (χ4v) is 3.38. The van der Waals surface area contributed by atoms with Gasteiger partial charge < -0.3 is 4.90 Å². The summed E-state index contributed by atoms with van der Waals surface area (Å²) < 4.78 is 26.0. The molecule has 0 aromatic carbocycles. The number of alkyl halides is 3. The van der Waals surface area contributed by atoms with Crippen LogP contribution < -0.4 is 0 Å². The lowest BCUT2D eigenvalue weighted by Gasteiger charge is -2.36. The van der Waals surface area contributed by atoms with Crippen LogP contribution in [0.3, 0.4) is 0 Å². The van der Waals surface area contributed by atoms with Crippen molar-refractivity contribution in [2.75, 3.05) is 13.6 Å². The molecule has 5 heteroatoms. The van der Waals surface area contributed by atoms with Gasteiger partial charge in [0, 0.05) is 37.7 Å². The first-order valence-electron chi connectivity index (χ1n) is 6.64. The van der Waals surface area contributed by atoms with Gasteiger partial charge in [0.15, 0.2) is 0 Å². The molecule has 2 nitrogen and oxygen atoms in total. The van der Waals surface area contributed by atoms with E-state index in [0.717, 1.165) is 19.4 Å². The van der Waals surface area contributed by atoms with E-state index in [9.17, 15) is 13.6 Å². The summed E-state index contributed by atoms with van der Waals surface area (Å²) in [5.41, 5.74) is 0. The Bertz CT molecular complexity index is 308. The number of nitrogens with zero attached hydrogens (tertiary/aromatic N) is 1. The van der Waals surface area contributed by atoms with Crippen LogP contribution in [0.2, 0.25) is 0 Å². The highest BCUT2D eigenvalue weighted by Crippen LogP contribution is 2.37. The fraction of sp³-hybridized carbons (Fsp3) is 0.923. The maximum atomic E-state index is 13.0. The normalized spacial score (nSPS) is 31.8. The molecule has 0 spiro atoms. The number of amides is 1. The zero-order chi connectivity index (χ0) is 13.3. The third kappa shape index (κ3) is 3.34. The van der Waals surface area contributed by atoms with Gasteiger partial charge in [-0.15, -0.1) is 11.6 Å². The zero-order valence-electron chi connectivity index (χ0n) is 10.7. The summed E-state index contributed by atoms with van der Waals surface area (Å²) in [5, 5.41) is 0.256. The van der Waals surface area contributed by atoms with Crippen LogP contribution in [-0.4, -0.2) is 35.7 Å². The first-order chi connectivity index (χ1) is 8.37. The molecule has 18 heavy (non-hydrogen) atoms. The smallest absolute Gasteiger partial charge is 0.248 e. The molecule has 104 valence electrons. The van der Waals surface area contributed by atoms with Gasteiger partial charge in [-0.25, -0.2) is 8.78 Å². The second-order valence-corrected chi connectivity index (χ2v) is 6.40. The van der Waals surface area contributed by atoms with E-state index in [4.69, 9.17) is 11.6 Å². The highest BCUT2D eigenvalue weighted by Gasteiger charge is 2.38. The number of carbonyl (C=O) groups excluding carboxylic acids is 1. The highest BCUT2D eigenvalue weighted by atomic mass is 35.5. The largest absolute Gasteiger partial charge is 0.345 e. The van der Waals surface area contributed by atoms with Crippen LogP contribution in [0.15, 0.2) is 0 Å². The molecule has 0 aliphatic heterocycles. The van der Waals surface area contributed by atoms with Crippen LogP contribution in [0.4, 0.5) is 8.78 Å². The van der Waals surface area contributed by atoms with Gasteiger partial charge in [0.25, 0.3) is 0 Å². The number of halogens is 3. The van der Waals surface area contributed by atoms with E-state index in [-0.39, 0.29) is 30.0 Å². The van der Waals surface area contributed by atoms with Gasteiger partial charge in [0.2, 0.25) is 11.8 Å². The number of hydrogen-bond donors (Lipinski definition) is 0. The Balaban J connectivity index is 1.77. The molecule has 2 rings (SSSR count). The van der Waals surface area contributed by atoms with Gasteiger partial charge in [0.1, 0.15) is 0 Å². The lowest BCUT2D eigenvalue weighted by atomic mass is 9.83. The van der Waals surface area contributed by atoms with Crippen LogP contribution in [-0.2, 0) is 4.79 Å². The van der Waals surface area contributed by atoms with Crippen LogP contribution in [0.1, 0.15) is 38.5 Å². The van der Waals surface area contributed by atoms with Gasteiger partial charge in [0.05, 0.1) is 0 Å². The molecule has 0 heterocycles. The van der Waals surface area contributed by atoms with Crippen molar-refractivity contribution in [1.29, 1.82) is 0 Å². The molecule has 2 aliphatic rings. The fourth-order valence-electron chi connectivity index (χ4n) is 2.88. The van der Waals surface area contributed by atoms with E-state index in [1.54, 1.807) is 11.9 Å². The highest BCUT2D eigenvalue weighted by molar-refractivity contribution is 6.21. The predicted octanol–water partition coefficient (Wildman–Crippen LogP) is 3.29. The first kappa shape index (κ1) is 14.0. The molecule has 0 unspecified atom stereocenters. The topological polar surface area (TPSA) is 20.3 Å². The summed E-state index contributed by atoms with van der Waals surface area (Å²) in [4.78, 5) is 13.8. The van der Waals surface area contributed by atoms with E-state index >= 15 is 0 Å². The van der Waals surface area contributed by atoms with Gasteiger partial charge in [-0.1, -0.05) is 0 Å². The van der Waals surface area contributed by atoms with Crippen LogP contribution in [0, 0.1) is 11.8 Å². The molecule has 0 aromatic heterocycles. The van der Waals surface area contributed by atoms with Crippen LogP contribution in [0.5, 0.6) is 0 Å². The monoisotopic (exact) mass is 279 g/mol. The van der Waals surface area contributed by atoms with Crippen LogP contribution >= 0.6 is 11.6 Å². The Morgan fingerprint density at radius 2 is 1.89 bits per heavy atom. The summed E-state index contributed by atoms with van der Waals surface area (Å²) in [6.07, 6.45) is 2.26. The molecule has 0 aromatic rings. The first-order valence-corrected chi connectivity index (χ1v) is 7.08. The molecular weight excluding hydrogens is 260 g/mol. The Kier molecular flexibility index (Phi) is 4.15. The molecule has 1 amide bonds. The van der Waals surface area contributed by atoms with Crippen molar-refractivity contribution in [1.82, 2.24) is 4.90 Å². The minimum Gasteiger partial charge on any atom is -0.345 e. The maximum Gasteiger partial charge on any atom is 0.248 e. The van der Waals surface area contributed by atoms with Gasteiger partial charge in [-0.05, 0) is 31.6 Å². The zero-order valence-corrected chi connectivity index (χ0v) is 11.4. The third-order valence-corrected chi connectivity index (χ3v) is 4.51. The minimum atomic E-state index is -2.56. The predicted molar refractivity (Wildman–Crippen MR) is 66.9 cm³/mol. The number of carbonyl (C=O) groups is 1. The van der Waals surface area contributed by atoms with E-state index < -0.39 is 5.92 Å². The molecule has 2 saturated carbocycles. The second-order valence-electron chi connectivity index (χ2n) is 5.78. The molecule has 0 saturated heterocycles. The van der Waals surface area contributed by atoms with Crippen molar-refractivity contribution >= 4 is 17.5 Å². The molecule has 0 N–H and O–H groups in total. The minimum absolute atomic E-state index is 0.0310. The lowest BCUT2D eigenvalue weighted by molar-refractivity contribution is -0.139. The Morgan fingerprint density at radius 1 is 1.33 bits per heavy atom. The summed E-state index contributed by atoms with van der Waals surface area (Å²) in [7, 11) is 1.77. The summed E-state index contributed by atoms with van der Waals surface area (Å²) in [6.45, 7) is 0.717. The van der Waals surface area contributed by atoms with Crippen molar-refractivity contribution in [3.63, 3.8) is 0 Å². The van der Waals surface area contributed by atoms with Gasteiger partial charge in [-0.2, -0.15) is 0 Å². The quantitative estimate of drug-likeness (QED) is 0.726. The van der Waals surface area contributed by atoms with Crippen molar-refractivity contribution in [2.45, 2.75) is 49.8 Å². The van der Waals surface area contributed by atoms with E-state index in [1.807, 2.05) is 0 Å². The Morgan fingerprint density at radius 3 is 2.39 bits per heavy atom. The Labute approximate surface area is 112 Å². The van der Waals surface area contributed by atoms with E-state index in [2.05, 4.69) is 0 Å². The molecule has 0 atom stereocenters. The van der Waals surface area contributed by atoms with Crippen LogP contribution in [0.25, 0.3) is 0 Å². The molecule has 0 bridgehead atoms. The van der Waals surface area contributed by atoms with E-state index in [1.165, 1.54) is 0 Å². The molecular formula is C13H20ClF2NO. The van der Waals surface area contributed by atoms with Gasteiger partial charge in [-0.3, -0.25) is 4.79 Å². The number of rotatable bonds is 3. The lowest BCUT2D eigenvalue weighted by Crippen LogP contribution is -2.42. The van der Waals surface area contributed by atoms with Crippen molar-refractivity contribution < 1.29 is 13.6 Å². The summed E-state index contributed by atoms with van der Waals surface area (Å²) in [6, 6.07) is 0. The summed E-state index contributed by atoms with van der Waals surface area (Å²) >= 11 is 5.90. The second kappa shape index (κ2) is 5.32.